The number of benzene rings is 2. The summed E-state index contributed by atoms with van der Waals surface area (Å²) >= 11 is 0. The molecule has 0 aromatic heterocycles. The van der Waals surface area contributed by atoms with Gasteiger partial charge in [0.05, 0.1) is 17.8 Å². The monoisotopic (exact) mass is 295 g/mol. The molecule has 22 heavy (non-hydrogen) atoms. The third-order valence-corrected chi connectivity index (χ3v) is 3.81. The second-order valence-electron chi connectivity index (χ2n) is 5.58. The Morgan fingerprint density at radius 1 is 1.18 bits per heavy atom. The van der Waals surface area contributed by atoms with Gasteiger partial charge >= 0.3 is 5.97 Å². The molecular formula is C18H17NO3. The van der Waals surface area contributed by atoms with Crippen LogP contribution in [0.5, 0.6) is 5.75 Å². The molecule has 4 nitrogen and oxygen atoms in total. The maximum atomic E-state index is 12.5. The number of ether oxygens (including phenoxy) is 1. The van der Waals surface area contributed by atoms with Crippen LogP contribution in [0.4, 0.5) is 5.69 Å². The molecule has 0 atom stereocenters. The normalized spacial score (nSPS) is 13.6. The fraction of sp³-hybridized carbons (Fsp3) is 0.222. The van der Waals surface area contributed by atoms with Crippen molar-refractivity contribution in [3.63, 3.8) is 0 Å². The molecule has 2 aromatic carbocycles. The van der Waals surface area contributed by atoms with E-state index in [1.54, 1.807) is 23.1 Å². The van der Waals surface area contributed by atoms with Gasteiger partial charge in [-0.1, -0.05) is 29.8 Å². The summed E-state index contributed by atoms with van der Waals surface area (Å²) in [5, 5.41) is 0. The molecule has 1 aliphatic rings. The number of aryl methyl sites for hydroxylation is 2. The number of carbonyl (C=O) groups is 2. The average molecular weight is 295 g/mol. The van der Waals surface area contributed by atoms with E-state index < -0.39 is 5.97 Å². The van der Waals surface area contributed by atoms with Crippen molar-refractivity contribution in [2.75, 3.05) is 4.90 Å². The van der Waals surface area contributed by atoms with Gasteiger partial charge in [-0.2, -0.15) is 0 Å². The molecule has 112 valence electrons. The van der Waals surface area contributed by atoms with E-state index in [9.17, 15) is 9.59 Å². The van der Waals surface area contributed by atoms with Crippen molar-refractivity contribution in [3.05, 3.63) is 58.7 Å². The van der Waals surface area contributed by atoms with Crippen LogP contribution in [0.1, 0.15) is 34.0 Å². The fourth-order valence-corrected chi connectivity index (χ4v) is 2.87. The molecular weight excluding hydrogens is 278 g/mol. The van der Waals surface area contributed by atoms with Crippen molar-refractivity contribution >= 4 is 17.6 Å². The van der Waals surface area contributed by atoms with Crippen LogP contribution >= 0.6 is 0 Å². The summed E-state index contributed by atoms with van der Waals surface area (Å²) < 4.78 is 5.60. The summed E-state index contributed by atoms with van der Waals surface area (Å²) in [5.74, 6) is 0.0124. The van der Waals surface area contributed by atoms with Gasteiger partial charge in [0.1, 0.15) is 5.75 Å². The zero-order valence-corrected chi connectivity index (χ0v) is 12.8. The standard InChI is InChI=1S/C18H17NO3/c1-11-8-12(2)17-14(9-11)10-19(13(3)20)16-7-5-4-6-15(16)18(21)22-17/h4-9H,10H2,1-3H3. The first-order valence-electron chi connectivity index (χ1n) is 7.17. The highest BCUT2D eigenvalue weighted by atomic mass is 16.5. The molecule has 0 saturated carbocycles. The van der Waals surface area contributed by atoms with Crippen LogP contribution in [0.15, 0.2) is 36.4 Å². The zero-order chi connectivity index (χ0) is 15.9. The number of nitrogens with zero attached hydrogens (tertiary/aromatic N) is 1. The Morgan fingerprint density at radius 3 is 2.64 bits per heavy atom. The van der Waals surface area contributed by atoms with Crippen molar-refractivity contribution < 1.29 is 14.3 Å². The summed E-state index contributed by atoms with van der Waals surface area (Å²) in [6, 6.07) is 11.0. The predicted molar refractivity (Wildman–Crippen MR) is 84.2 cm³/mol. The lowest BCUT2D eigenvalue weighted by Crippen LogP contribution is -2.32. The van der Waals surface area contributed by atoms with Crippen molar-refractivity contribution in [2.24, 2.45) is 0 Å². The van der Waals surface area contributed by atoms with E-state index in [2.05, 4.69) is 0 Å². The van der Waals surface area contributed by atoms with Crippen LogP contribution in [0.3, 0.4) is 0 Å². The van der Waals surface area contributed by atoms with Crippen molar-refractivity contribution in [1.82, 2.24) is 0 Å². The predicted octanol–water partition coefficient (Wildman–Crippen LogP) is 3.39. The summed E-state index contributed by atoms with van der Waals surface area (Å²) in [7, 11) is 0. The molecule has 0 fully saturated rings. The van der Waals surface area contributed by atoms with Crippen molar-refractivity contribution in [2.45, 2.75) is 27.3 Å². The van der Waals surface area contributed by atoms with Crippen LogP contribution in [0, 0.1) is 13.8 Å². The lowest BCUT2D eigenvalue weighted by Gasteiger charge is -2.27. The van der Waals surface area contributed by atoms with Gasteiger partial charge in [-0.3, -0.25) is 4.79 Å². The van der Waals surface area contributed by atoms with E-state index >= 15 is 0 Å². The van der Waals surface area contributed by atoms with Crippen LogP contribution in [0.25, 0.3) is 0 Å². The van der Waals surface area contributed by atoms with E-state index in [1.165, 1.54) is 6.92 Å². The minimum atomic E-state index is -0.435. The number of rotatable bonds is 0. The average Bonchev–Trinajstić information content (AvgIpc) is 2.46. The van der Waals surface area contributed by atoms with E-state index in [1.807, 2.05) is 32.0 Å². The van der Waals surface area contributed by atoms with E-state index in [-0.39, 0.29) is 5.91 Å². The lowest BCUT2D eigenvalue weighted by atomic mass is 10.0. The Balaban J connectivity index is 2.22. The SMILES string of the molecule is CC(=O)N1Cc2cc(C)cc(C)c2OC(=O)c2ccccc21. The van der Waals surface area contributed by atoms with Gasteiger partial charge in [-0.05, 0) is 31.5 Å². The maximum Gasteiger partial charge on any atom is 0.345 e. The summed E-state index contributed by atoms with van der Waals surface area (Å²) in [6.07, 6.45) is 0. The Kier molecular flexibility index (Phi) is 3.45. The Hall–Kier alpha value is -2.62. The lowest BCUT2D eigenvalue weighted by molar-refractivity contribution is -0.116. The van der Waals surface area contributed by atoms with Gasteiger partial charge in [-0.15, -0.1) is 0 Å². The summed E-state index contributed by atoms with van der Waals surface area (Å²) in [6.45, 7) is 5.79. The van der Waals surface area contributed by atoms with Gasteiger partial charge in [0.15, 0.2) is 0 Å². The van der Waals surface area contributed by atoms with Crippen LogP contribution in [-0.2, 0) is 11.3 Å². The Labute approximate surface area is 129 Å². The first-order valence-corrected chi connectivity index (χ1v) is 7.17. The molecule has 1 aliphatic heterocycles. The highest BCUT2D eigenvalue weighted by Crippen LogP contribution is 2.33. The third-order valence-electron chi connectivity index (χ3n) is 3.81. The first kappa shape index (κ1) is 14.3. The number of esters is 1. The van der Waals surface area contributed by atoms with Gasteiger partial charge in [-0.25, -0.2) is 4.79 Å². The van der Waals surface area contributed by atoms with Gasteiger partial charge in [0.2, 0.25) is 5.91 Å². The Morgan fingerprint density at radius 2 is 1.91 bits per heavy atom. The van der Waals surface area contributed by atoms with Gasteiger partial charge in [0, 0.05) is 12.5 Å². The topological polar surface area (TPSA) is 46.6 Å². The molecule has 0 spiro atoms. The number of anilines is 1. The molecule has 0 N–H and O–H groups in total. The molecule has 2 aromatic rings. The molecule has 1 heterocycles. The van der Waals surface area contributed by atoms with E-state index in [0.717, 1.165) is 16.7 Å². The highest BCUT2D eigenvalue weighted by molar-refractivity contribution is 6.03. The highest BCUT2D eigenvalue weighted by Gasteiger charge is 2.26. The minimum Gasteiger partial charge on any atom is -0.422 e. The van der Waals surface area contributed by atoms with Crippen LogP contribution in [0.2, 0.25) is 0 Å². The van der Waals surface area contributed by atoms with Crippen LogP contribution in [-0.4, -0.2) is 11.9 Å². The molecule has 3 rings (SSSR count). The maximum absolute atomic E-state index is 12.5. The molecule has 0 radical (unpaired) electrons. The largest absolute Gasteiger partial charge is 0.422 e. The zero-order valence-electron chi connectivity index (χ0n) is 12.8. The molecule has 4 heteroatoms. The number of carbonyl (C=O) groups excluding carboxylic acids is 2. The molecule has 0 aliphatic carbocycles. The molecule has 0 bridgehead atoms. The third kappa shape index (κ3) is 2.37. The minimum absolute atomic E-state index is 0.104. The first-order chi connectivity index (χ1) is 10.5. The van der Waals surface area contributed by atoms with E-state index in [4.69, 9.17) is 4.74 Å². The molecule has 0 saturated heterocycles. The van der Waals surface area contributed by atoms with E-state index in [0.29, 0.717) is 23.5 Å². The number of para-hydroxylation sites is 1. The van der Waals surface area contributed by atoms with Crippen molar-refractivity contribution in [1.29, 1.82) is 0 Å². The number of amides is 1. The smallest absolute Gasteiger partial charge is 0.345 e. The second-order valence-corrected chi connectivity index (χ2v) is 5.58. The quantitative estimate of drug-likeness (QED) is 0.553. The van der Waals surface area contributed by atoms with Gasteiger partial charge in [0.25, 0.3) is 0 Å². The van der Waals surface area contributed by atoms with Crippen molar-refractivity contribution in [3.8, 4) is 5.75 Å². The Bertz CT molecular complexity index is 780. The second kappa shape index (κ2) is 5.30. The molecule has 0 unspecified atom stereocenters. The summed E-state index contributed by atoms with van der Waals surface area (Å²) in [4.78, 5) is 26.2. The van der Waals surface area contributed by atoms with Gasteiger partial charge < -0.3 is 9.64 Å². The fourth-order valence-electron chi connectivity index (χ4n) is 2.87. The number of hydrogen-bond acceptors (Lipinski definition) is 3. The number of hydrogen-bond donors (Lipinski definition) is 0. The summed E-state index contributed by atoms with van der Waals surface area (Å²) in [5.41, 5.74) is 3.81. The van der Waals surface area contributed by atoms with Crippen LogP contribution < -0.4 is 9.64 Å². The number of fused-ring (bicyclic) bond motifs is 2. The molecule has 1 amide bonds.